The summed E-state index contributed by atoms with van der Waals surface area (Å²) in [5.41, 5.74) is 0. The van der Waals surface area contributed by atoms with E-state index in [2.05, 4.69) is 25.7 Å². The highest BCUT2D eigenvalue weighted by Crippen LogP contribution is 2.11. The monoisotopic (exact) mass is 381 g/mol. The molecule has 27 heavy (non-hydrogen) atoms. The van der Waals surface area contributed by atoms with Gasteiger partial charge in [-0.1, -0.05) is 111 Å². The van der Waals surface area contributed by atoms with Gasteiger partial charge in [0.05, 0.1) is 0 Å². The molecule has 0 saturated heterocycles. The van der Waals surface area contributed by atoms with Crippen LogP contribution in [0.25, 0.3) is 0 Å². The summed E-state index contributed by atoms with van der Waals surface area (Å²) >= 11 is 0. The topological polar surface area (TPSA) is 5.90 Å². The first-order valence-electron chi connectivity index (χ1n) is 13.1. The SMILES string of the molecule is CCCCCCCCCC[N+](CCCCCCCC)CCCCCCCC. The summed E-state index contributed by atoms with van der Waals surface area (Å²) in [7, 11) is 0. The Hall–Kier alpha value is -0.0400. The molecule has 0 saturated carbocycles. The van der Waals surface area contributed by atoms with E-state index < -0.39 is 0 Å². The molecule has 0 bridgehead atoms. The first-order chi connectivity index (χ1) is 13.3. The van der Waals surface area contributed by atoms with E-state index in [0.717, 1.165) is 0 Å². The van der Waals surface area contributed by atoms with Crippen molar-refractivity contribution in [3.05, 3.63) is 0 Å². The summed E-state index contributed by atoms with van der Waals surface area (Å²) in [6.07, 6.45) is 28.7. The first kappa shape index (κ1) is 27.0. The Morgan fingerprint density at radius 2 is 0.519 bits per heavy atom. The summed E-state index contributed by atoms with van der Waals surface area (Å²) < 4.78 is 0. The minimum Gasteiger partial charge on any atom is -0.170 e. The van der Waals surface area contributed by atoms with E-state index in [-0.39, 0.29) is 0 Å². The fourth-order valence-corrected chi connectivity index (χ4v) is 4.04. The minimum absolute atomic E-state index is 1.36. The fraction of sp³-hybridized carbons (Fsp3) is 1.00. The van der Waals surface area contributed by atoms with E-state index in [1.165, 1.54) is 148 Å². The quantitative estimate of drug-likeness (QED) is 0.123. The van der Waals surface area contributed by atoms with Crippen molar-refractivity contribution >= 4 is 0 Å². The largest absolute Gasteiger partial charge is 0.170 e. The lowest BCUT2D eigenvalue weighted by molar-refractivity contribution is 0.367. The third-order valence-corrected chi connectivity index (χ3v) is 5.98. The van der Waals surface area contributed by atoms with E-state index in [4.69, 9.17) is 0 Å². The van der Waals surface area contributed by atoms with E-state index in [9.17, 15) is 0 Å². The van der Waals surface area contributed by atoms with Gasteiger partial charge in [0.1, 0.15) is 19.6 Å². The summed E-state index contributed by atoms with van der Waals surface area (Å²) in [5, 5.41) is 0. The Morgan fingerprint density at radius 1 is 0.296 bits per heavy atom. The van der Waals surface area contributed by atoms with Gasteiger partial charge in [-0.3, -0.25) is 0 Å². The van der Waals surface area contributed by atoms with Crippen LogP contribution in [0.15, 0.2) is 0 Å². The van der Waals surface area contributed by atoms with Crippen LogP contribution in [-0.4, -0.2) is 19.6 Å². The van der Waals surface area contributed by atoms with Crippen molar-refractivity contribution in [3.63, 3.8) is 0 Å². The van der Waals surface area contributed by atoms with Crippen molar-refractivity contribution in [1.29, 1.82) is 0 Å². The average molecular weight is 382 g/mol. The standard InChI is InChI=1S/C26H55N/c1-4-7-10-13-16-17-20-23-26-27(24-21-18-14-11-8-5-2)25-22-19-15-12-9-6-3/h4-26H2,1-3H3/q+1. The van der Waals surface area contributed by atoms with Crippen molar-refractivity contribution in [2.75, 3.05) is 19.6 Å². The van der Waals surface area contributed by atoms with Crippen LogP contribution in [0.2, 0.25) is 0 Å². The zero-order chi connectivity index (χ0) is 19.8. The summed E-state index contributed by atoms with van der Waals surface area (Å²) in [5.74, 6) is 0. The van der Waals surface area contributed by atoms with Gasteiger partial charge in [-0.15, -0.1) is 0 Å². The predicted molar refractivity (Wildman–Crippen MR) is 126 cm³/mol. The van der Waals surface area contributed by atoms with Crippen LogP contribution >= 0.6 is 0 Å². The predicted octanol–water partition coefficient (Wildman–Crippen LogP) is 8.99. The molecule has 0 aromatic heterocycles. The second-order valence-electron chi connectivity index (χ2n) is 8.85. The smallest absolute Gasteiger partial charge is 0.122 e. The molecular weight excluding hydrogens is 326 g/mol. The molecule has 0 N–H and O–H groups in total. The van der Waals surface area contributed by atoms with Crippen LogP contribution in [-0.2, 0) is 0 Å². The molecule has 0 aromatic rings. The molecule has 0 fully saturated rings. The van der Waals surface area contributed by atoms with Gasteiger partial charge in [0.15, 0.2) is 0 Å². The van der Waals surface area contributed by atoms with Crippen molar-refractivity contribution in [3.8, 4) is 0 Å². The molecular formula is C26H55N+. The Balaban J connectivity index is 3.77. The zero-order valence-electron chi connectivity index (χ0n) is 19.7. The highest BCUT2D eigenvalue weighted by molar-refractivity contribution is 4.65. The number of rotatable bonds is 23. The number of nitrogens with zero attached hydrogens (tertiary/aromatic N) is 1. The molecule has 0 aliphatic rings. The van der Waals surface area contributed by atoms with Crippen LogP contribution in [0, 0.1) is 0 Å². The normalized spacial score (nSPS) is 11.6. The Labute approximate surface area is 174 Å². The maximum atomic E-state index is 2.80. The summed E-state index contributed by atoms with van der Waals surface area (Å²) in [6.45, 7) is 11.0. The Kier molecular flexibility index (Phi) is 24.0. The number of hydrogen-bond acceptors (Lipinski definition) is 1. The minimum atomic E-state index is 1.36. The van der Waals surface area contributed by atoms with Gasteiger partial charge in [0.25, 0.3) is 0 Å². The third kappa shape index (κ3) is 22.1. The molecule has 0 rings (SSSR count). The van der Waals surface area contributed by atoms with E-state index in [1.54, 1.807) is 0 Å². The molecule has 0 unspecified atom stereocenters. The van der Waals surface area contributed by atoms with Crippen molar-refractivity contribution in [2.45, 2.75) is 149 Å². The summed E-state index contributed by atoms with van der Waals surface area (Å²) in [6, 6.07) is 0. The molecule has 0 spiro atoms. The van der Waals surface area contributed by atoms with Gasteiger partial charge in [0.2, 0.25) is 0 Å². The molecule has 0 atom stereocenters. The molecule has 1 radical (unpaired) electrons. The maximum Gasteiger partial charge on any atom is 0.122 e. The molecule has 1 nitrogen and oxygen atoms in total. The number of hydrogen-bond donors (Lipinski definition) is 0. The van der Waals surface area contributed by atoms with Gasteiger partial charge in [-0.2, -0.15) is 4.90 Å². The van der Waals surface area contributed by atoms with E-state index in [1.807, 2.05) is 0 Å². The Bertz CT molecular complexity index is 235. The molecule has 163 valence electrons. The van der Waals surface area contributed by atoms with Gasteiger partial charge < -0.3 is 0 Å². The van der Waals surface area contributed by atoms with Crippen LogP contribution < -0.4 is 4.90 Å². The second-order valence-corrected chi connectivity index (χ2v) is 8.85. The lowest BCUT2D eigenvalue weighted by atomic mass is 10.1. The maximum absolute atomic E-state index is 2.80. The number of unbranched alkanes of at least 4 members (excludes halogenated alkanes) is 17. The van der Waals surface area contributed by atoms with Crippen LogP contribution in [0.1, 0.15) is 149 Å². The van der Waals surface area contributed by atoms with E-state index >= 15 is 0 Å². The Morgan fingerprint density at radius 3 is 0.778 bits per heavy atom. The van der Waals surface area contributed by atoms with E-state index in [0.29, 0.717) is 0 Å². The van der Waals surface area contributed by atoms with Crippen molar-refractivity contribution < 1.29 is 0 Å². The highest BCUT2D eigenvalue weighted by Gasteiger charge is 2.13. The molecule has 0 aliphatic heterocycles. The van der Waals surface area contributed by atoms with Crippen molar-refractivity contribution in [1.82, 2.24) is 4.90 Å². The van der Waals surface area contributed by atoms with Gasteiger partial charge in [0, 0.05) is 19.3 Å². The molecule has 0 heterocycles. The molecule has 0 aliphatic carbocycles. The lowest BCUT2D eigenvalue weighted by Crippen LogP contribution is -2.33. The van der Waals surface area contributed by atoms with Crippen LogP contribution in [0.3, 0.4) is 0 Å². The fourth-order valence-electron chi connectivity index (χ4n) is 4.04. The van der Waals surface area contributed by atoms with Gasteiger partial charge in [-0.05, 0) is 19.3 Å². The average Bonchev–Trinajstić information content (AvgIpc) is 2.68. The zero-order valence-corrected chi connectivity index (χ0v) is 19.7. The molecule has 0 aromatic carbocycles. The van der Waals surface area contributed by atoms with Crippen LogP contribution in [0.5, 0.6) is 0 Å². The molecule has 1 heteroatoms. The highest BCUT2D eigenvalue weighted by atomic mass is 15.1. The van der Waals surface area contributed by atoms with Crippen LogP contribution in [0.4, 0.5) is 0 Å². The molecule has 0 amide bonds. The summed E-state index contributed by atoms with van der Waals surface area (Å²) in [4.78, 5) is 2.80. The van der Waals surface area contributed by atoms with Gasteiger partial charge >= 0.3 is 0 Å². The van der Waals surface area contributed by atoms with Crippen molar-refractivity contribution in [2.24, 2.45) is 0 Å². The van der Waals surface area contributed by atoms with Gasteiger partial charge in [-0.25, -0.2) is 0 Å². The third-order valence-electron chi connectivity index (χ3n) is 5.98. The lowest BCUT2D eigenvalue weighted by Gasteiger charge is -2.13. The second kappa shape index (κ2) is 24.0. The first-order valence-corrected chi connectivity index (χ1v) is 13.1.